The van der Waals surface area contributed by atoms with Gasteiger partial charge in [0.2, 0.25) is 0 Å². The maximum absolute atomic E-state index is 13.6. The molecule has 0 aliphatic rings. The van der Waals surface area contributed by atoms with Crippen molar-refractivity contribution in [2.24, 2.45) is 0 Å². The van der Waals surface area contributed by atoms with Crippen LogP contribution >= 0.6 is 0 Å². The van der Waals surface area contributed by atoms with Crippen LogP contribution in [0.15, 0.2) is 36.4 Å². The maximum atomic E-state index is 13.6. The molecule has 112 valence electrons. The maximum Gasteiger partial charge on any atom is 0.161 e. The molecule has 2 aromatic carbocycles. The topological polar surface area (TPSA) is 12.0 Å². The second-order valence-corrected chi connectivity index (χ2v) is 5.11. The molecule has 21 heavy (non-hydrogen) atoms. The quantitative estimate of drug-likeness (QED) is 0.791. The number of hydrogen-bond donors (Lipinski definition) is 1. The van der Waals surface area contributed by atoms with E-state index in [1.807, 2.05) is 38.1 Å². The van der Waals surface area contributed by atoms with E-state index in [9.17, 15) is 13.2 Å². The van der Waals surface area contributed by atoms with Crippen LogP contribution in [0, 0.1) is 24.4 Å². The molecule has 0 spiro atoms. The van der Waals surface area contributed by atoms with Gasteiger partial charge in [-0.05, 0) is 25.0 Å². The minimum absolute atomic E-state index is 0.0399. The molecule has 0 radical (unpaired) electrons. The number of rotatable bonds is 5. The van der Waals surface area contributed by atoms with Crippen molar-refractivity contribution in [3.05, 3.63) is 70.5 Å². The second kappa shape index (κ2) is 6.76. The van der Waals surface area contributed by atoms with Crippen LogP contribution in [0.25, 0.3) is 0 Å². The third-order valence-electron chi connectivity index (χ3n) is 3.52. The summed E-state index contributed by atoms with van der Waals surface area (Å²) in [6, 6.07) is 9.57. The smallest absolute Gasteiger partial charge is 0.161 e. The molecule has 1 N–H and O–H groups in total. The first-order valence-electron chi connectivity index (χ1n) is 6.94. The Kier molecular flexibility index (Phi) is 5.02. The van der Waals surface area contributed by atoms with Gasteiger partial charge >= 0.3 is 0 Å². The number of benzene rings is 2. The van der Waals surface area contributed by atoms with Crippen molar-refractivity contribution in [3.63, 3.8) is 0 Å². The summed E-state index contributed by atoms with van der Waals surface area (Å²) < 4.78 is 39.6. The van der Waals surface area contributed by atoms with Crippen LogP contribution in [0.5, 0.6) is 0 Å². The standard InChI is InChI=1S/C17H18F3N/c1-3-17(12-6-4-11(2)5-7-12)21-10-13-8-15(19)16(20)9-14(13)18/h4-9,17,21H,3,10H2,1-2H3. The molecule has 1 unspecified atom stereocenters. The van der Waals surface area contributed by atoms with Gasteiger partial charge in [-0.3, -0.25) is 0 Å². The molecule has 0 aliphatic heterocycles. The van der Waals surface area contributed by atoms with Crippen molar-refractivity contribution in [3.8, 4) is 0 Å². The van der Waals surface area contributed by atoms with E-state index in [0.717, 1.165) is 18.1 Å². The average molecular weight is 293 g/mol. The molecule has 0 amide bonds. The van der Waals surface area contributed by atoms with E-state index in [2.05, 4.69) is 5.32 Å². The summed E-state index contributed by atoms with van der Waals surface area (Å²) in [4.78, 5) is 0. The number of nitrogens with one attached hydrogen (secondary N) is 1. The monoisotopic (exact) mass is 293 g/mol. The Labute approximate surface area is 122 Å². The predicted octanol–water partition coefficient (Wildman–Crippen LogP) is 4.65. The summed E-state index contributed by atoms with van der Waals surface area (Å²) >= 11 is 0. The SMILES string of the molecule is CCC(NCc1cc(F)c(F)cc1F)c1ccc(C)cc1. The molecule has 2 aromatic rings. The van der Waals surface area contributed by atoms with Crippen LogP contribution < -0.4 is 5.32 Å². The molecule has 0 saturated carbocycles. The van der Waals surface area contributed by atoms with Crippen molar-refractivity contribution >= 4 is 0 Å². The van der Waals surface area contributed by atoms with E-state index < -0.39 is 17.5 Å². The highest BCUT2D eigenvalue weighted by molar-refractivity contribution is 5.25. The van der Waals surface area contributed by atoms with Gasteiger partial charge in [-0.15, -0.1) is 0 Å². The zero-order valence-electron chi connectivity index (χ0n) is 12.1. The Hall–Kier alpha value is -1.81. The third-order valence-corrected chi connectivity index (χ3v) is 3.52. The molecule has 0 bridgehead atoms. The Balaban J connectivity index is 2.10. The van der Waals surface area contributed by atoms with E-state index in [1.165, 1.54) is 5.56 Å². The van der Waals surface area contributed by atoms with E-state index >= 15 is 0 Å². The van der Waals surface area contributed by atoms with Crippen molar-refractivity contribution in [1.82, 2.24) is 5.32 Å². The average Bonchev–Trinajstić information content (AvgIpc) is 2.46. The molecule has 0 saturated heterocycles. The van der Waals surface area contributed by atoms with Crippen molar-refractivity contribution in [2.75, 3.05) is 0 Å². The molecule has 0 fully saturated rings. The normalized spacial score (nSPS) is 12.4. The summed E-state index contributed by atoms with van der Waals surface area (Å²) in [5.41, 5.74) is 2.38. The van der Waals surface area contributed by atoms with E-state index in [0.29, 0.717) is 6.07 Å². The van der Waals surface area contributed by atoms with Crippen molar-refractivity contribution in [2.45, 2.75) is 32.9 Å². The fourth-order valence-electron chi connectivity index (χ4n) is 2.23. The Bertz CT molecular complexity index is 608. The van der Waals surface area contributed by atoms with Crippen LogP contribution in [0.1, 0.15) is 36.1 Å². The van der Waals surface area contributed by atoms with Crippen LogP contribution in [0.2, 0.25) is 0 Å². The van der Waals surface area contributed by atoms with E-state index in [4.69, 9.17) is 0 Å². The number of halogens is 3. The summed E-state index contributed by atoms with van der Waals surface area (Å²) in [6.07, 6.45) is 0.814. The van der Waals surface area contributed by atoms with E-state index in [1.54, 1.807) is 0 Å². The summed E-state index contributed by atoms with van der Waals surface area (Å²) in [6.45, 7) is 4.17. The van der Waals surface area contributed by atoms with Gasteiger partial charge in [0.15, 0.2) is 11.6 Å². The van der Waals surface area contributed by atoms with Crippen molar-refractivity contribution < 1.29 is 13.2 Å². The van der Waals surface area contributed by atoms with Gasteiger partial charge < -0.3 is 5.32 Å². The number of hydrogen-bond acceptors (Lipinski definition) is 1. The molecule has 0 aromatic heterocycles. The largest absolute Gasteiger partial charge is 0.306 e. The molecule has 1 nitrogen and oxygen atoms in total. The van der Waals surface area contributed by atoms with Crippen LogP contribution in [-0.4, -0.2) is 0 Å². The van der Waals surface area contributed by atoms with Crippen LogP contribution in [0.4, 0.5) is 13.2 Å². The first kappa shape index (κ1) is 15.6. The van der Waals surface area contributed by atoms with Gasteiger partial charge in [-0.25, -0.2) is 13.2 Å². The Morgan fingerprint density at radius 3 is 2.19 bits per heavy atom. The van der Waals surface area contributed by atoms with Gasteiger partial charge in [0.1, 0.15) is 5.82 Å². The van der Waals surface area contributed by atoms with Gasteiger partial charge in [0, 0.05) is 24.2 Å². The Morgan fingerprint density at radius 2 is 1.57 bits per heavy atom. The van der Waals surface area contributed by atoms with Crippen LogP contribution in [0.3, 0.4) is 0 Å². The lowest BCUT2D eigenvalue weighted by atomic mass is 10.0. The van der Waals surface area contributed by atoms with Crippen molar-refractivity contribution in [1.29, 1.82) is 0 Å². The minimum atomic E-state index is -1.16. The fraction of sp³-hybridized carbons (Fsp3) is 0.294. The Morgan fingerprint density at radius 1 is 0.952 bits per heavy atom. The summed E-state index contributed by atoms with van der Waals surface area (Å²) in [5, 5.41) is 3.18. The zero-order chi connectivity index (χ0) is 15.4. The fourth-order valence-corrected chi connectivity index (χ4v) is 2.23. The molecule has 2 rings (SSSR count). The number of aryl methyl sites for hydroxylation is 1. The molecule has 4 heteroatoms. The molecular formula is C17H18F3N. The zero-order valence-corrected chi connectivity index (χ0v) is 12.1. The lowest BCUT2D eigenvalue weighted by Gasteiger charge is -2.18. The first-order valence-corrected chi connectivity index (χ1v) is 6.94. The lowest BCUT2D eigenvalue weighted by molar-refractivity contribution is 0.474. The highest BCUT2D eigenvalue weighted by Crippen LogP contribution is 2.19. The summed E-state index contributed by atoms with van der Waals surface area (Å²) in [7, 11) is 0. The minimum Gasteiger partial charge on any atom is -0.306 e. The molecule has 0 heterocycles. The molecule has 1 atom stereocenters. The lowest BCUT2D eigenvalue weighted by Crippen LogP contribution is -2.21. The highest BCUT2D eigenvalue weighted by Gasteiger charge is 2.13. The van der Waals surface area contributed by atoms with Gasteiger partial charge in [-0.1, -0.05) is 36.8 Å². The summed E-state index contributed by atoms with van der Waals surface area (Å²) in [5.74, 6) is -2.93. The van der Waals surface area contributed by atoms with Gasteiger partial charge in [0.25, 0.3) is 0 Å². The second-order valence-electron chi connectivity index (χ2n) is 5.11. The molecular weight excluding hydrogens is 275 g/mol. The van der Waals surface area contributed by atoms with Gasteiger partial charge in [0.05, 0.1) is 0 Å². The predicted molar refractivity (Wildman–Crippen MR) is 77.4 cm³/mol. The van der Waals surface area contributed by atoms with Gasteiger partial charge in [-0.2, -0.15) is 0 Å². The van der Waals surface area contributed by atoms with Crippen LogP contribution in [-0.2, 0) is 6.54 Å². The van der Waals surface area contributed by atoms with E-state index in [-0.39, 0.29) is 18.2 Å². The third kappa shape index (κ3) is 3.85. The first-order chi connectivity index (χ1) is 10.0. The highest BCUT2D eigenvalue weighted by atomic mass is 19.2. The molecule has 0 aliphatic carbocycles.